The van der Waals surface area contributed by atoms with Crippen molar-refractivity contribution in [3.8, 4) is 0 Å². The molecule has 1 aliphatic rings. The van der Waals surface area contributed by atoms with Gasteiger partial charge in [0.2, 0.25) is 0 Å². The number of hydrogen-bond donors (Lipinski definition) is 1. The Bertz CT molecular complexity index is 360. The fraction of sp³-hybridized carbons (Fsp3) is 0.625. The molecule has 0 radical (unpaired) electrons. The van der Waals surface area contributed by atoms with E-state index < -0.39 is 0 Å². The Balaban J connectivity index is 1.95. The van der Waals surface area contributed by atoms with Crippen LogP contribution in [0.4, 0.5) is 0 Å². The van der Waals surface area contributed by atoms with Crippen molar-refractivity contribution >= 4 is 0 Å². The first-order chi connectivity index (χ1) is 8.81. The Kier molecular flexibility index (Phi) is 5.21. The normalized spacial score (nSPS) is 16.8. The number of aryl methyl sites for hydroxylation is 1. The fourth-order valence-corrected chi connectivity index (χ4v) is 2.14. The lowest BCUT2D eigenvalue weighted by Crippen LogP contribution is -2.26. The van der Waals surface area contributed by atoms with E-state index in [9.17, 15) is 0 Å². The minimum Gasteiger partial charge on any atom is -0.372 e. The van der Waals surface area contributed by atoms with E-state index in [-0.39, 0.29) is 6.10 Å². The van der Waals surface area contributed by atoms with Gasteiger partial charge in [0.15, 0.2) is 0 Å². The van der Waals surface area contributed by atoms with Crippen molar-refractivity contribution in [2.24, 2.45) is 0 Å². The predicted molar refractivity (Wildman–Crippen MR) is 75.8 cm³/mol. The van der Waals surface area contributed by atoms with Gasteiger partial charge in [0.25, 0.3) is 0 Å². The molecule has 100 valence electrons. The first-order valence-corrected chi connectivity index (χ1v) is 7.21. The van der Waals surface area contributed by atoms with Gasteiger partial charge in [0, 0.05) is 19.2 Å². The quantitative estimate of drug-likeness (QED) is 0.709. The highest BCUT2D eigenvalue weighted by Gasteiger charge is 2.23. The summed E-state index contributed by atoms with van der Waals surface area (Å²) in [6, 6.07) is 9.31. The average molecular weight is 247 g/mol. The maximum absolute atomic E-state index is 6.07. The number of hydrogen-bond acceptors (Lipinski definition) is 2. The molecule has 18 heavy (non-hydrogen) atoms. The van der Waals surface area contributed by atoms with Gasteiger partial charge in [0.1, 0.15) is 0 Å². The summed E-state index contributed by atoms with van der Waals surface area (Å²) in [5.74, 6) is 0. The zero-order valence-electron chi connectivity index (χ0n) is 11.6. The summed E-state index contributed by atoms with van der Waals surface area (Å²) in [6.07, 6.45) is 5.20. The Labute approximate surface area is 111 Å². The molecule has 1 aromatic carbocycles. The summed E-state index contributed by atoms with van der Waals surface area (Å²) in [4.78, 5) is 0. The number of rotatable bonds is 8. The second-order valence-corrected chi connectivity index (χ2v) is 5.25. The monoisotopic (exact) mass is 247 g/mol. The first-order valence-electron chi connectivity index (χ1n) is 7.21. The molecule has 2 heteroatoms. The molecule has 0 bridgehead atoms. The Morgan fingerprint density at radius 1 is 1.33 bits per heavy atom. The molecule has 1 aromatic rings. The van der Waals surface area contributed by atoms with Gasteiger partial charge in [-0.05, 0) is 37.3 Å². The van der Waals surface area contributed by atoms with Gasteiger partial charge in [0.05, 0.1) is 6.10 Å². The van der Waals surface area contributed by atoms with Gasteiger partial charge >= 0.3 is 0 Å². The van der Waals surface area contributed by atoms with E-state index in [1.165, 1.54) is 30.4 Å². The number of ether oxygens (including phenoxy) is 1. The van der Waals surface area contributed by atoms with Gasteiger partial charge in [-0.15, -0.1) is 0 Å². The van der Waals surface area contributed by atoms with E-state index in [1.807, 2.05) is 0 Å². The lowest BCUT2D eigenvalue weighted by molar-refractivity contribution is 0.0500. The smallest absolute Gasteiger partial charge is 0.0951 e. The van der Waals surface area contributed by atoms with Crippen molar-refractivity contribution in [2.45, 2.75) is 51.7 Å². The van der Waals surface area contributed by atoms with E-state index in [0.717, 1.165) is 25.6 Å². The van der Waals surface area contributed by atoms with Crippen LogP contribution in [0.3, 0.4) is 0 Å². The molecule has 1 aliphatic carbocycles. The molecular weight excluding hydrogens is 222 g/mol. The van der Waals surface area contributed by atoms with Crippen LogP contribution in [0.25, 0.3) is 0 Å². The molecule has 1 N–H and O–H groups in total. The van der Waals surface area contributed by atoms with Crippen LogP contribution in [0.1, 0.15) is 49.8 Å². The number of nitrogens with one attached hydrogen (secondary N) is 1. The summed E-state index contributed by atoms with van der Waals surface area (Å²) >= 11 is 0. The minimum absolute atomic E-state index is 0.207. The summed E-state index contributed by atoms with van der Waals surface area (Å²) in [7, 11) is 0. The predicted octanol–water partition coefficient (Wildman–Crippen LogP) is 3.60. The lowest BCUT2D eigenvalue weighted by Gasteiger charge is -2.20. The summed E-state index contributed by atoms with van der Waals surface area (Å²) in [5, 5.41) is 3.58. The van der Waals surface area contributed by atoms with Crippen LogP contribution in [0.2, 0.25) is 0 Å². The Morgan fingerprint density at radius 3 is 2.78 bits per heavy atom. The van der Waals surface area contributed by atoms with Gasteiger partial charge in [-0.3, -0.25) is 0 Å². The molecule has 0 aliphatic heterocycles. The third kappa shape index (κ3) is 4.11. The second-order valence-electron chi connectivity index (χ2n) is 5.25. The third-order valence-corrected chi connectivity index (χ3v) is 3.52. The summed E-state index contributed by atoms with van der Waals surface area (Å²) in [5.41, 5.74) is 2.67. The molecule has 0 amide bonds. The van der Waals surface area contributed by atoms with Gasteiger partial charge in [-0.25, -0.2) is 0 Å². The Morgan fingerprint density at radius 2 is 2.11 bits per heavy atom. The molecule has 1 fully saturated rings. The molecule has 2 nitrogen and oxygen atoms in total. The molecule has 0 saturated heterocycles. The molecular formula is C16H25NO. The van der Waals surface area contributed by atoms with Crippen LogP contribution in [0.15, 0.2) is 24.3 Å². The highest BCUT2D eigenvalue weighted by molar-refractivity contribution is 5.28. The van der Waals surface area contributed by atoms with Crippen LogP contribution in [-0.2, 0) is 4.74 Å². The summed E-state index contributed by atoms with van der Waals surface area (Å²) in [6.45, 7) is 6.18. The zero-order valence-corrected chi connectivity index (χ0v) is 11.6. The largest absolute Gasteiger partial charge is 0.372 e. The van der Waals surface area contributed by atoms with Gasteiger partial charge in [-0.1, -0.05) is 37.6 Å². The summed E-state index contributed by atoms with van der Waals surface area (Å²) < 4.78 is 6.07. The van der Waals surface area contributed by atoms with Crippen LogP contribution >= 0.6 is 0 Å². The highest BCUT2D eigenvalue weighted by Crippen LogP contribution is 2.24. The van der Waals surface area contributed by atoms with Crippen LogP contribution in [-0.4, -0.2) is 19.2 Å². The third-order valence-electron chi connectivity index (χ3n) is 3.52. The van der Waals surface area contributed by atoms with Crippen molar-refractivity contribution in [3.05, 3.63) is 35.4 Å². The van der Waals surface area contributed by atoms with E-state index >= 15 is 0 Å². The second kappa shape index (κ2) is 6.91. The Hall–Kier alpha value is -0.860. The van der Waals surface area contributed by atoms with Gasteiger partial charge in [-0.2, -0.15) is 0 Å². The van der Waals surface area contributed by atoms with Crippen molar-refractivity contribution in [2.75, 3.05) is 13.2 Å². The van der Waals surface area contributed by atoms with Gasteiger partial charge < -0.3 is 10.1 Å². The van der Waals surface area contributed by atoms with Crippen molar-refractivity contribution in [3.63, 3.8) is 0 Å². The minimum atomic E-state index is 0.207. The standard InChI is InChI=1S/C16H25NO/c1-3-4-11-18-16(12-17-14-9-10-14)15-8-6-5-7-13(15)2/h5-8,14,16-17H,3-4,9-12H2,1-2H3. The van der Waals surface area contributed by atoms with Crippen LogP contribution in [0.5, 0.6) is 0 Å². The average Bonchev–Trinajstić information content (AvgIpc) is 3.19. The molecule has 1 atom stereocenters. The van der Waals surface area contributed by atoms with Crippen molar-refractivity contribution < 1.29 is 4.74 Å². The maximum atomic E-state index is 6.07. The van der Waals surface area contributed by atoms with Crippen LogP contribution < -0.4 is 5.32 Å². The SMILES string of the molecule is CCCCOC(CNC1CC1)c1ccccc1C. The first kappa shape index (κ1) is 13.6. The van der Waals surface area contributed by atoms with E-state index in [1.54, 1.807) is 0 Å². The van der Waals surface area contributed by atoms with Crippen LogP contribution in [0, 0.1) is 6.92 Å². The van der Waals surface area contributed by atoms with Crippen molar-refractivity contribution in [1.82, 2.24) is 5.32 Å². The molecule has 0 heterocycles. The molecule has 0 spiro atoms. The zero-order chi connectivity index (χ0) is 12.8. The highest BCUT2D eigenvalue weighted by atomic mass is 16.5. The lowest BCUT2D eigenvalue weighted by atomic mass is 10.0. The number of benzene rings is 1. The molecule has 1 saturated carbocycles. The fourth-order valence-electron chi connectivity index (χ4n) is 2.14. The van der Waals surface area contributed by atoms with E-state index in [2.05, 4.69) is 43.4 Å². The number of unbranched alkanes of at least 4 members (excludes halogenated alkanes) is 1. The topological polar surface area (TPSA) is 21.3 Å². The maximum Gasteiger partial charge on any atom is 0.0951 e. The molecule has 1 unspecified atom stereocenters. The molecule has 0 aromatic heterocycles. The van der Waals surface area contributed by atoms with E-state index in [4.69, 9.17) is 4.74 Å². The van der Waals surface area contributed by atoms with Crippen molar-refractivity contribution in [1.29, 1.82) is 0 Å². The van der Waals surface area contributed by atoms with E-state index in [0.29, 0.717) is 0 Å². The molecule has 2 rings (SSSR count).